The van der Waals surface area contributed by atoms with Gasteiger partial charge in [0, 0.05) is 17.7 Å². The first kappa shape index (κ1) is 21.0. The summed E-state index contributed by atoms with van der Waals surface area (Å²) in [5, 5.41) is 14.5. The predicted octanol–water partition coefficient (Wildman–Crippen LogP) is 4.57. The lowest BCUT2D eigenvalue weighted by Gasteiger charge is -2.08. The highest BCUT2D eigenvalue weighted by Crippen LogP contribution is 2.33. The molecule has 0 N–H and O–H groups in total. The fourth-order valence-corrected chi connectivity index (χ4v) is 2.81. The topological polar surface area (TPSA) is 87.3 Å². The van der Waals surface area contributed by atoms with Crippen LogP contribution in [0.1, 0.15) is 18.2 Å². The van der Waals surface area contributed by atoms with E-state index in [0.29, 0.717) is 11.1 Å². The first-order valence-corrected chi connectivity index (χ1v) is 8.86. The number of rotatable bonds is 6. The van der Waals surface area contributed by atoms with Crippen molar-refractivity contribution in [3.8, 4) is 16.9 Å². The van der Waals surface area contributed by atoms with E-state index in [1.54, 1.807) is 31.2 Å². The van der Waals surface area contributed by atoms with Gasteiger partial charge in [0.05, 0.1) is 29.3 Å². The average molecular weight is 419 g/mol. The smallest absolute Gasteiger partial charge is 0.435 e. The van der Waals surface area contributed by atoms with E-state index in [1.807, 2.05) is 0 Å². The van der Waals surface area contributed by atoms with Gasteiger partial charge in [-0.2, -0.15) is 18.3 Å². The number of ether oxygens (including phenoxy) is 1. The number of nitro benzene ring substituents is 1. The summed E-state index contributed by atoms with van der Waals surface area (Å²) < 4.78 is 45.7. The molecule has 2 aromatic carbocycles. The largest absolute Gasteiger partial charge is 0.466 e. The molecule has 0 saturated heterocycles. The molecule has 0 bridgehead atoms. The summed E-state index contributed by atoms with van der Waals surface area (Å²) in [5.41, 5.74) is 0.192. The molecule has 0 unspecified atom stereocenters. The maximum Gasteiger partial charge on any atom is 0.435 e. The highest BCUT2D eigenvalue weighted by Gasteiger charge is 2.35. The monoisotopic (exact) mass is 419 g/mol. The molecular weight excluding hydrogens is 403 g/mol. The van der Waals surface area contributed by atoms with Gasteiger partial charge in [-0.3, -0.25) is 14.9 Å². The Bertz CT molecular complexity index is 1060. The van der Waals surface area contributed by atoms with E-state index in [4.69, 9.17) is 4.74 Å². The summed E-state index contributed by atoms with van der Waals surface area (Å²) in [6.07, 6.45) is -4.62. The van der Waals surface area contributed by atoms with Gasteiger partial charge in [0.15, 0.2) is 5.69 Å². The molecule has 0 saturated carbocycles. The third-order valence-corrected chi connectivity index (χ3v) is 4.21. The molecule has 0 aliphatic carbocycles. The number of benzene rings is 2. The molecule has 0 fully saturated rings. The molecule has 0 atom stereocenters. The number of hydrogen-bond acceptors (Lipinski definition) is 5. The SMILES string of the molecule is CCOC(=O)Cc1ccc(-c2cc(C(F)(F)F)nn2-c2ccc([N+](=O)[O-])cc2)cc1. The summed E-state index contributed by atoms with van der Waals surface area (Å²) in [6, 6.07) is 12.3. The minimum absolute atomic E-state index is 0.0452. The average Bonchev–Trinajstić information content (AvgIpc) is 3.15. The number of nitrogens with zero attached hydrogens (tertiary/aromatic N) is 3. The van der Waals surface area contributed by atoms with Crippen molar-refractivity contribution < 1.29 is 27.6 Å². The fourth-order valence-electron chi connectivity index (χ4n) is 2.81. The Kier molecular flexibility index (Phi) is 5.86. The van der Waals surface area contributed by atoms with E-state index in [-0.39, 0.29) is 30.1 Å². The van der Waals surface area contributed by atoms with Crippen LogP contribution in [0.5, 0.6) is 0 Å². The summed E-state index contributed by atoms with van der Waals surface area (Å²) in [5.74, 6) is -0.402. The lowest BCUT2D eigenvalue weighted by Crippen LogP contribution is -2.07. The number of carbonyl (C=O) groups excluding carboxylic acids is 1. The standard InChI is InChI=1S/C20H16F3N3O4/c1-2-30-19(27)11-13-3-5-14(6-4-13)17-12-18(20(21,22)23)24-25(17)15-7-9-16(10-8-15)26(28)29/h3-10,12H,2,11H2,1H3. The molecule has 3 aromatic rings. The molecule has 0 aliphatic rings. The van der Waals surface area contributed by atoms with Crippen LogP contribution in [-0.2, 0) is 22.1 Å². The summed E-state index contributed by atoms with van der Waals surface area (Å²) >= 11 is 0. The van der Waals surface area contributed by atoms with Gasteiger partial charge in [0.2, 0.25) is 0 Å². The Morgan fingerprint density at radius 3 is 2.30 bits per heavy atom. The predicted molar refractivity (Wildman–Crippen MR) is 101 cm³/mol. The molecular formula is C20H16F3N3O4. The van der Waals surface area contributed by atoms with Gasteiger partial charge < -0.3 is 4.74 Å². The van der Waals surface area contributed by atoms with E-state index in [1.165, 1.54) is 24.3 Å². The molecule has 1 heterocycles. The number of esters is 1. The van der Waals surface area contributed by atoms with Crippen molar-refractivity contribution in [2.24, 2.45) is 0 Å². The highest BCUT2D eigenvalue weighted by molar-refractivity contribution is 5.73. The minimum atomic E-state index is -4.66. The van der Waals surface area contributed by atoms with Gasteiger partial charge in [-0.1, -0.05) is 24.3 Å². The number of alkyl halides is 3. The number of aromatic nitrogens is 2. The van der Waals surface area contributed by atoms with Crippen LogP contribution in [0.15, 0.2) is 54.6 Å². The second kappa shape index (κ2) is 8.36. The molecule has 7 nitrogen and oxygen atoms in total. The first-order valence-electron chi connectivity index (χ1n) is 8.86. The van der Waals surface area contributed by atoms with Crippen LogP contribution in [0.4, 0.5) is 18.9 Å². The lowest BCUT2D eigenvalue weighted by atomic mass is 10.1. The van der Waals surface area contributed by atoms with Crippen molar-refractivity contribution in [1.82, 2.24) is 9.78 Å². The van der Waals surface area contributed by atoms with Crippen LogP contribution in [-0.4, -0.2) is 27.3 Å². The Morgan fingerprint density at radius 2 is 1.77 bits per heavy atom. The maximum absolute atomic E-state index is 13.2. The minimum Gasteiger partial charge on any atom is -0.466 e. The second-order valence-corrected chi connectivity index (χ2v) is 6.28. The lowest BCUT2D eigenvalue weighted by molar-refractivity contribution is -0.384. The summed E-state index contributed by atoms with van der Waals surface area (Å²) in [7, 11) is 0. The number of non-ortho nitro benzene ring substituents is 1. The third kappa shape index (κ3) is 4.65. The van der Waals surface area contributed by atoms with Crippen molar-refractivity contribution in [2.45, 2.75) is 19.5 Å². The van der Waals surface area contributed by atoms with Gasteiger partial charge in [-0.25, -0.2) is 4.68 Å². The number of carbonyl (C=O) groups is 1. The second-order valence-electron chi connectivity index (χ2n) is 6.28. The Balaban J connectivity index is 2.00. The fraction of sp³-hybridized carbons (Fsp3) is 0.200. The van der Waals surface area contributed by atoms with Crippen LogP contribution in [0.25, 0.3) is 16.9 Å². The molecule has 10 heteroatoms. The van der Waals surface area contributed by atoms with Crippen molar-refractivity contribution in [3.05, 3.63) is 76.0 Å². The van der Waals surface area contributed by atoms with Crippen molar-refractivity contribution in [3.63, 3.8) is 0 Å². The van der Waals surface area contributed by atoms with Gasteiger partial charge >= 0.3 is 12.1 Å². The van der Waals surface area contributed by atoms with E-state index in [2.05, 4.69) is 5.10 Å². The van der Waals surface area contributed by atoms with Crippen LogP contribution in [0.3, 0.4) is 0 Å². The molecule has 3 rings (SSSR count). The van der Waals surface area contributed by atoms with Crippen LogP contribution >= 0.6 is 0 Å². The van der Waals surface area contributed by atoms with Gasteiger partial charge in [-0.05, 0) is 30.7 Å². The number of halogens is 3. The van der Waals surface area contributed by atoms with Crippen LogP contribution < -0.4 is 0 Å². The quantitative estimate of drug-likeness (QED) is 0.332. The first-order chi connectivity index (χ1) is 14.2. The van der Waals surface area contributed by atoms with E-state index in [0.717, 1.165) is 10.7 Å². The Hall–Kier alpha value is -3.69. The van der Waals surface area contributed by atoms with Crippen LogP contribution in [0, 0.1) is 10.1 Å². The summed E-state index contributed by atoms with van der Waals surface area (Å²) in [6.45, 7) is 1.95. The molecule has 30 heavy (non-hydrogen) atoms. The van der Waals surface area contributed by atoms with E-state index < -0.39 is 22.8 Å². The van der Waals surface area contributed by atoms with E-state index in [9.17, 15) is 28.1 Å². The maximum atomic E-state index is 13.2. The van der Waals surface area contributed by atoms with Crippen molar-refractivity contribution >= 4 is 11.7 Å². The number of hydrogen-bond donors (Lipinski definition) is 0. The van der Waals surface area contributed by atoms with E-state index >= 15 is 0 Å². The van der Waals surface area contributed by atoms with Gasteiger partial charge in [0.1, 0.15) is 0 Å². The molecule has 0 aliphatic heterocycles. The number of nitro groups is 1. The zero-order valence-electron chi connectivity index (χ0n) is 15.7. The Morgan fingerprint density at radius 1 is 1.13 bits per heavy atom. The third-order valence-electron chi connectivity index (χ3n) is 4.21. The van der Waals surface area contributed by atoms with Crippen LogP contribution in [0.2, 0.25) is 0 Å². The Labute approximate surface area is 168 Å². The highest BCUT2D eigenvalue weighted by atomic mass is 19.4. The zero-order valence-corrected chi connectivity index (χ0v) is 15.7. The molecule has 0 spiro atoms. The van der Waals surface area contributed by atoms with Gasteiger partial charge in [-0.15, -0.1) is 0 Å². The molecule has 0 amide bonds. The molecule has 0 radical (unpaired) electrons. The van der Waals surface area contributed by atoms with Crippen molar-refractivity contribution in [2.75, 3.05) is 6.61 Å². The van der Waals surface area contributed by atoms with Gasteiger partial charge in [0.25, 0.3) is 5.69 Å². The summed E-state index contributed by atoms with van der Waals surface area (Å²) in [4.78, 5) is 21.8. The normalized spacial score (nSPS) is 11.3. The molecule has 156 valence electrons. The van der Waals surface area contributed by atoms with Crippen molar-refractivity contribution in [1.29, 1.82) is 0 Å². The zero-order chi connectivity index (χ0) is 21.9. The molecule has 1 aromatic heterocycles.